The summed E-state index contributed by atoms with van der Waals surface area (Å²) in [6.45, 7) is 3.13. The van der Waals surface area contributed by atoms with Crippen LogP contribution in [0.15, 0.2) is 66.7 Å². The summed E-state index contributed by atoms with van der Waals surface area (Å²) in [6, 6.07) is 23.0. The van der Waals surface area contributed by atoms with Crippen molar-refractivity contribution in [2.45, 2.75) is 13.5 Å². The zero-order valence-corrected chi connectivity index (χ0v) is 18.8. The molecule has 3 aromatic rings. The predicted octanol–water partition coefficient (Wildman–Crippen LogP) is 4.93. The topological polar surface area (TPSA) is 86.2 Å². The zero-order chi connectivity index (χ0) is 22.9. The number of thiocarbonyl (C=S) groups is 1. The van der Waals surface area contributed by atoms with Crippen LogP contribution in [0.25, 0.3) is 11.1 Å². The highest BCUT2D eigenvalue weighted by atomic mass is 32.1. The molecule has 0 radical (unpaired) electrons. The highest BCUT2D eigenvalue weighted by Crippen LogP contribution is 2.28. The van der Waals surface area contributed by atoms with Crippen LogP contribution in [-0.2, 0) is 11.3 Å². The van der Waals surface area contributed by atoms with Gasteiger partial charge in [-0.15, -0.1) is 0 Å². The SMILES string of the molecule is CCNC(=S)Nc1cccc(C(=O)OC)c1NCc1ccc(-c2ccccc2C#N)cc1. The maximum absolute atomic E-state index is 12.3. The van der Waals surface area contributed by atoms with Gasteiger partial charge in [-0.05, 0) is 54.0 Å². The molecule has 7 heteroatoms. The molecule has 0 spiro atoms. The molecule has 0 fully saturated rings. The van der Waals surface area contributed by atoms with E-state index in [0.717, 1.165) is 16.7 Å². The average molecular weight is 445 g/mol. The van der Waals surface area contributed by atoms with Crippen LogP contribution in [-0.4, -0.2) is 24.7 Å². The van der Waals surface area contributed by atoms with Crippen molar-refractivity contribution in [2.24, 2.45) is 0 Å². The van der Waals surface area contributed by atoms with E-state index in [1.807, 2.05) is 55.5 Å². The number of para-hydroxylation sites is 1. The lowest BCUT2D eigenvalue weighted by Gasteiger charge is -2.18. The maximum Gasteiger partial charge on any atom is 0.340 e. The largest absolute Gasteiger partial charge is 0.465 e. The van der Waals surface area contributed by atoms with Gasteiger partial charge in [0, 0.05) is 13.1 Å². The molecule has 0 aromatic heterocycles. The first-order chi connectivity index (χ1) is 15.6. The highest BCUT2D eigenvalue weighted by Gasteiger charge is 2.16. The van der Waals surface area contributed by atoms with Crippen molar-refractivity contribution in [3.05, 3.63) is 83.4 Å². The van der Waals surface area contributed by atoms with Gasteiger partial charge >= 0.3 is 5.97 Å². The monoisotopic (exact) mass is 444 g/mol. The molecule has 0 aliphatic heterocycles. The Morgan fingerprint density at radius 2 is 1.81 bits per heavy atom. The zero-order valence-electron chi connectivity index (χ0n) is 17.9. The molecule has 32 heavy (non-hydrogen) atoms. The van der Waals surface area contributed by atoms with E-state index in [1.165, 1.54) is 7.11 Å². The molecular weight excluding hydrogens is 420 g/mol. The summed E-state index contributed by atoms with van der Waals surface area (Å²) >= 11 is 5.30. The van der Waals surface area contributed by atoms with Crippen LogP contribution in [0, 0.1) is 11.3 Å². The molecule has 0 saturated carbocycles. The molecule has 0 heterocycles. The lowest BCUT2D eigenvalue weighted by molar-refractivity contribution is 0.0602. The van der Waals surface area contributed by atoms with Gasteiger partial charge in [0.1, 0.15) is 0 Å². The second-order valence-electron chi connectivity index (χ2n) is 6.91. The van der Waals surface area contributed by atoms with Crippen molar-refractivity contribution in [3.8, 4) is 17.2 Å². The Balaban J connectivity index is 1.83. The smallest absolute Gasteiger partial charge is 0.340 e. The first kappa shape index (κ1) is 22.8. The van der Waals surface area contributed by atoms with Crippen LogP contribution in [0.1, 0.15) is 28.4 Å². The minimum Gasteiger partial charge on any atom is -0.465 e. The quantitative estimate of drug-likeness (QED) is 0.352. The summed E-state index contributed by atoms with van der Waals surface area (Å²) in [7, 11) is 1.35. The molecule has 3 rings (SSSR count). The second kappa shape index (κ2) is 10.9. The number of carbonyl (C=O) groups is 1. The van der Waals surface area contributed by atoms with Crippen LogP contribution in [0.2, 0.25) is 0 Å². The van der Waals surface area contributed by atoms with Crippen LogP contribution >= 0.6 is 12.2 Å². The van der Waals surface area contributed by atoms with Crippen molar-refractivity contribution in [3.63, 3.8) is 0 Å². The summed E-state index contributed by atoms with van der Waals surface area (Å²) in [5.41, 5.74) is 5.22. The minimum absolute atomic E-state index is 0.413. The molecule has 0 aliphatic rings. The second-order valence-corrected chi connectivity index (χ2v) is 7.32. The average Bonchev–Trinajstić information content (AvgIpc) is 2.83. The Morgan fingerprint density at radius 3 is 2.50 bits per heavy atom. The van der Waals surface area contributed by atoms with Crippen molar-refractivity contribution < 1.29 is 9.53 Å². The number of carbonyl (C=O) groups excluding carboxylic acids is 1. The van der Waals surface area contributed by atoms with E-state index in [-0.39, 0.29) is 0 Å². The predicted molar refractivity (Wildman–Crippen MR) is 132 cm³/mol. The van der Waals surface area contributed by atoms with Crippen molar-refractivity contribution in [1.29, 1.82) is 5.26 Å². The number of anilines is 2. The fraction of sp³-hybridized carbons (Fsp3) is 0.160. The van der Waals surface area contributed by atoms with Gasteiger partial charge in [0.15, 0.2) is 5.11 Å². The number of esters is 1. The van der Waals surface area contributed by atoms with Crippen LogP contribution in [0.5, 0.6) is 0 Å². The third kappa shape index (κ3) is 5.42. The highest BCUT2D eigenvalue weighted by molar-refractivity contribution is 7.80. The van der Waals surface area contributed by atoms with Crippen molar-refractivity contribution >= 4 is 34.7 Å². The van der Waals surface area contributed by atoms with Gasteiger partial charge in [-0.3, -0.25) is 0 Å². The molecule has 0 unspecified atom stereocenters. The van der Waals surface area contributed by atoms with Gasteiger partial charge in [0.25, 0.3) is 0 Å². The molecule has 6 nitrogen and oxygen atoms in total. The molecule has 3 aromatic carbocycles. The standard InChI is InChI=1S/C25H24N4O2S/c1-3-27-25(32)29-22-10-6-9-21(24(30)31-2)23(22)28-16-17-11-13-18(14-12-17)20-8-5-4-7-19(20)15-26/h4-14,28H,3,16H2,1-2H3,(H2,27,29,32). The molecule has 0 saturated heterocycles. The van der Waals surface area contributed by atoms with Crippen molar-refractivity contribution in [2.75, 3.05) is 24.3 Å². The van der Waals surface area contributed by atoms with E-state index in [9.17, 15) is 10.1 Å². The number of nitrogens with one attached hydrogen (secondary N) is 3. The van der Waals surface area contributed by atoms with Gasteiger partial charge in [-0.25, -0.2) is 4.79 Å². The molecule has 0 atom stereocenters. The summed E-state index contributed by atoms with van der Waals surface area (Å²) < 4.78 is 4.94. The van der Waals surface area contributed by atoms with Crippen molar-refractivity contribution in [1.82, 2.24) is 5.32 Å². The number of nitriles is 1. The number of benzene rings is 3. The number of methoxy groups -OCH3 is 1. The molecule has 0 amide bonds. The fourth-order valence-corrected chi connectivity index (χ4v) is 3.53. The maximum atomic E-state index is 12.3. The summed E-state index contributed by atoms with van der Waals surface area (Å²) in [5, 5.41) is 19.3. The van der Waals surface area contributed by atoms with Gasteiger partial charge in [0.2, 0.25) is 0 Å². The van der Waals surface area contributed by atoms with Crippen LogP contribution in [0.3, 0.4) is 0 Å². The van der Waals surface area contributed by atoms with Gasteiger partial charge in [-0.2, -0.15) is 5.26 Å². The minimum atomic E-state index is -0.436. The molecule has 162 valence electrons. The number of hydrogen-bond donors (Lipinski definition) is 3. The first-order valence-corrected chi connectivity index (χ1v) is 10.6. The Morgan fingerprint density at radius 1 is 1.06 bits per heavy atom. The van der Waals surface area contributed by atoms with E-state index in [0.29, 0.717) is 40.7 Å². The number of nitrogens with zero attached hydrogens (tertiary/aromatic N) is 1. The molecule has 3 N–H and O–H groups in total. The van der Waals surface area contributed by atoms with E-state index in [4.69, 9.17) is 17.0 Å². The first-order valence-electron chi connectivity index (χ1n) is 10.2. The van der Waals surface area contributed by atoms with E-state index < -0.39 is 5.97 Å². The van der Waals surface area contributed by atoms with Gasteiger partial charge in [-0.1, -0.05) is 48.5 Å². The molecule has 0 bridgehead atoms. The Kier molecular flexibility index (Phi) is 7.79. The number of ether oxygens (including phenoxy) is 1. The third-order valence-electron chi connectivity index (χ3n) is 4.84. The normalized spacial score (nSPS) is 10.0. The van der Waals surface area contributed by atoms with Gasteiger partial charge in [0.05, 0.1) is 35.7 Å². The molecular formula is C25H24N4O2S. The van der Waals surface area contributed by atoms with E-state index >= 15 is 0 Å². The summed E-state index contributed by atoms with van der Waals surface area (Å²) in [6.07, 6.45) is 0. The van der Waals surface area contributed by atoms with E-state index in [1.54, 1.807) is 18.2 Å². The molecule has 0 aliphatic carbocycles. The Bertz CT molecular complexity index is 1150. The lowest BCUT2D eigenvalue weighted by atomic mass is 9.99. The van der Waals surface area contributed by atoms with Crippen LogP contribution < -0.4 is 16.0 Å². The number of hydrogen-bond acceptors (Lipinski definition) is 5. The van der Waals surface area contributed by atoms with Crippen LogP contribution in [0.4, 0.5) is 11.4 Å². The summed E-state index contributed by atoms with van der Waals surface area (Å²) in [4.78, 5) is 12.3. The lowest BCUT2D eigenvalue weighted by Crippen LogP contribution is -2.28. The summed E-state index contributed by atoms with van der Waals surface area (Å²) in [5.74, 6) is -0.436. The Labute approximate surface area is 193 Å². The van der Waals surface area contributed by atoms with Gasteiger partial charge < -0.3 is 20.7 Å². The Hall–Kier alpha value is -3.89. The van der Waals surface area contributed by atoms with E-state index in [2.05, 4.69) is 22.0 Å². The third-order valence-corrected chi connectivity index (χ3v) is 5.08. The fourth-order valence-electron chi connectivity index (χ4n) is 3.28. The number of rotatable bonds is 7.